The number of ether oxygens (including phenoxy) is 1. The van der Waals surface area contributed by atoms with Gasteiger partial charge in [0.15, 0.2) is 5.13 Å². The Labute approximate surface area is 156 Å². The zero-order valence-electron chi connectivity index (χ0n) is 14.9. The summed E-state index contributed by atoms with van der Waals surface area (Å²) in [7, 11) is 1.58. The van der Waals surface area contributed by atoms with E-state index in [2.05, 4.69) is 20.6 Å². The van der Waals surface area contributed by atoms with Crippen molar-refractivity contribution in [3.8, 4) is 5.75 Å². The third kappa shape index (κ3) is 4.58. The third-order valence-corrected chi connectivity index (χ3v) is 4.45. The summed E-state index contributed by atoms with van der Waals surface area (Å²) >= 11 is 1.44. The second kappa shape index (κ2) is 7.97. The fraction of sp³-hybridized carbons (Fsp3) is 0.211. The minimum atomic E-state index is -0.139. The van der Waals surface area contributed by atoms with Gasteiger partial charge in [-0.2, -0.15) is 0 Å². The van der Waals surface area contributed by atoms with Crippen LogP contribution in [0.25, 0.3) is 0 Å². The molecule has 0 aliphatic rings. The normalized spacial score (nSPS) is 10.4. The predicted octanol–water partition coefficient (Wildman–Crippen LogP) is 4.09. The monoisotopic (exact) mass is 368 g/mol. The molecule has 0 bridgehead atoms. The molecule has 0 fully saturated rings. The van der Waals surface area contributed by atoms with Gasteiger partial charge in [0.1, 0.15) is 11.6 Å². The molecule has 2 aromatic heterocycles. The first-order valence-electron chi connectivity index (χ1n) is 8.13. The maximum absolute atomic E-state index is 12.3. The fourth-order valence-electron chi connectivity index (χ4n) is 2.45. The molecule has 0 radical (unpaired) electrons. The van der Waals surface area contributed by atoms with Crippen LogP contribution < -0.4 is 15.4 Å². The summed E-state index contributed by atoms with van der Waals surface area (Å²) in [6, 6.07) is 11.4. The Kier molecular flexibility index (Phi) is 5.48. The van der Waals surface area contributed by atoms with Gasteiger partial charge in [0.25, 0.3) is 0 Å². The Morgan fingerprint density at radius 3 is 2.81 bits per heavy atom. The van der Waals surface area contributed by atoms with E-state index >= 15 is 0 Å². The average Bonchev–Trinajstić information content (AvgIpc) is 3.01. The number of rotatable bonds is 6. The van der Waals surface area contributed by atoms with Gasteiger partial charge in [-0.25, -0.2) is 9.97 Å². The van der Waals surface area contributed by atoms with E-state index in [-0.39, 0.29) is 12.3 Å². The minimum Gasteiger partial charge on any atom is -0.495 e. The molecule has 0 unspecified atom stereocenters. The average molecular weight is 368 g/mol. The lowest BCUT2D eigenvalue weighted by atomic mass is 10.2. The van der Waals surface area contributed by atoms with Crippen molar-refractivity contribution in [3.05, 3.63) is 58.7 Å². The van der Waals surface area contributed by atoms with Crippen LogP contribution in [0.2, 0.25) is 0 Å². The van der Waals surface area contributed by atoms with Gasteiger partial charge in [-0.05, 0) is 43.7 Å². The summed E-state index contributed by atoms with van der Waals surface area (Å²) in [6.07, 6.45) is 0.191. The molecule has 1 amide bonds. The van der Waals surface area contributed by atoms with Gasteiger partial charge >= 0.3 is 0 Å². The van der Waals surface area contributed by atoms with Crippen molar-refractivity contribution in [2.45, 2.75) is 20.3 Å². The van der Waals surface area contributed by atoms with Gasteiger partial charge in [-0.15, -0.1) is 11.3 Å². The van der Waals surface area contributed by atoms with Gasteiger partial charge < -0.3 is 15.4 Å². The second-order valence-electron chi connectivity index (χ2n) is 5.86. The van der Waals surface area contributed by atoms with E-state index in [0.29, 0.717) is 22.3 Å². The molecule has 2 N–H and O–H groups in total. The molecule has 3 rings (SSSR count). The molecule has 6 nitrogen and oxygen atoms in total. The maximum atomic E-state index is 12.3. The number of hydrogen-bond acceptors (Lipinski definition) is 6. The summed E-state index contributed by atoms with van der Waals surface area (Å²) in [5.41, 5.74) is 3.34. The molecule has 0 saturated heterocycles. The summed E-state index contributed by atoms with van der Waals surface area (Å²) < 4.78 is 5.29. The molecule has 1 aromatic carbocycles. The summed E-state index contributed by atoms with van der Waals surface area (Å²) in [6.45, 7) is 3.90. The summed E-state index contributed by atoms with van der Waals surface area (Å²) in [5.74, 6) is 1.23. The highest BCUT2D eigenvalue weighted by atomic mass is 32.1. The number of aromatic nitrogens is 2. The highest BCUT2D eigenvalue weighted by Crippen LogP contribution is 2.26. The largest absolute Gasteiger partial charge is 0.495 e. The number of aryl methyl sites for hydroxylation is 2. The molecule has 3 aromatic rings. The van der Waals surface area contributed by atoms with Crippen LogP contribution in [-0.2, 0) is 11.2 Å². The number of benzene rings is 1. The van der Waals surface area contributed by atoms with Crippen molar-refractivity contribution in [3.63, 3.8) is 0 Å². The van der Waals surface area contributed by atoms with Crippen LogP contribution >= 0.6 is 11.3 Å². The molecule has 134 valence electrons. The lowest BCUT2D eigenvalue weighted by molar-refractivity contribution is -0.115. The van der Waals surface area contributed by atoms with Crippen LogP contribution in [0.3, 0.4) is 0 Å². The number of hydrogen-bond donors (Lipinski definition) is 2. The summed E-state index contributed by atoms with van der Waals surface area (Å²) in [5, 5.41) is 8.62. The highest BCUT2D eigenvalue weighted by Gasteiger charge is 2.11. The number of nitrogens with one attached hydrogen (secondary N) is 2. The lowest BCUT2D eigenvalue weighted by Gasteiger charge is -2.10. The topological polar surface area (TPSA) is 76.1 Å². The number of anilines is 3. The van der Waals surface area contributed by atoms with Crippen molar-refractivity contribution in [2.75, 3.05) is 17.7 Å². The first kappa shape index (κ1) is 17.9. The molecular weight excluding hydrogens is 348 g/mol. The Morgan fingerprint density at radius 2 is 2.04 bits per heavy atom. The molecule has 0 saturated carbocycles. The van der Waals surface area contributed by atoms with Crippen LogP contribution in [0, 0.1) is 13.8 Å². The van der Waals surface area contributed by atoms with Crippen LogP contribution in [0.15, 0.2) is 41.8 Å². The van der Waals surface area contributed by atoms with E-state index in [1.807, 2.05) is 55.6 Å². The van der Waals surface area contributed by atoms with E-state index in [4.69, 9.17) is 4.74 Å². The van der Waals surface area contributed by atoms with Gasteiger partial charge in [-0.1, -0.05) is 12.1 Å². The SMILES string of the molecule is COc1ccc(C)cc1NC(=O)Cc1csc(Nc2cccc(C)n2)n1. The van der Waals surface area contributed by atoms with E-state index in [1.54, 1.807) is 7.11 Å². The Balaban J connectivity index is 1.64. The number of nitrogens with zero attached hydrogens (tertiary/aromatic N) is 2. The highest BCUT2D eigenvalue weighted by molar-refractivity contribution is 7.13. The quantitative estimate of drug-likeness (QED) is 0.685. The molecule has 26 heavy (non-hydrogen) atoms. The Morgan fingerprint density at radius 1 is 1.19 bits per heavy atom. The fourth-order valence-corrected chi connectivity index (χ4v) is 3.16. The maximum Gasteiger partial charge on any atom is 0.230 e. The molecule has 0 aliphatic heterocycles. The molecule has 0 spiro atoms. The van der Waals surface area contributed by atoms with Crippen molar-refractivity contribution in [2.24, 2.45) is 0 Å². The molecule has 7 heteroatoms. The summed E-state index contributed by atoms with van der Waals surface area (Å²) in [4.78, 5) is 21.2. The number of amides is 1. The second-order valence-corrected chi connectivity index (χ2v) is 6.72. The van der Waals surface area contributed by atoms with Crippen LogP contribution in [-0.4, -0.2) is 23.0 Å². The smallest absolute Gasteiger partial charge is 0.230 e. The number of carbonyl (C=O) groups is 1. The molecule has 0 atom stereocenters. The van der Waals surface area contributed by atoms with Gasteiger partial charge in [0.2, 0.25) is 5.91 Å². The van der Waals surface area contributed by atoms with E-state index in [9.17, 15) is 4.79 Å². The van der Waals surface area contributed by atoms with Crippen LogP contribution in [0.4, 0.5) is 16.6 Å². The zero-order chi connectivity index (χ0) is 18.5. The number of carbonyl (C=O) groups excluding carboxylic acids is 1. The van der Waals surface area contributed by atoms with Gasteiger partial charge in [0, 0.05) is 11.1 Å². The standard InChI is InChI=1S/C19H20N4O2S/c1-12-7-8-16(25-3)15(9-12)22-18(24)10-14-11-26-19(21-14)23-17-6-4-5-13(2)20-17/h4-9,11H,10H2,1-3H3,(H,22,24)(H,20,21,23). The minimum absolute atomic E-state index is 0.139. The number of thiazole rings is 1. The van der Waals surface area contributed by atoms with Gasteiger partial charge in [-0.3, -0.25) is 4.79 Å². The van der Waals surface area contributed by atoms with E-state index in [1.165, 1.54) is 11.3 Å². The lowest BCUT2D eigenvalue weighted by Crippen LogP contribution is -2.15. The van der Waals surface area contributed by atoms with Crippen molar-refractivity contribution in [1.29, 1.82) is 0 Å². The van der Waals surface area contributed by atoms with Crippen molar-refractivity contribution in [1.82, 2.24) is 9.97 Å². The van der Waals surface area contributed by atoms with Crippen molar-refractivity contribution >= 4 is 33.9 Å². The third-order valence-electron chi connectivity index (χ3n) is 3.65. The van der Waals surface area contributed by atoms with Crippen molar-refractivity contribution < 1.29 is 9.53 Å². The van der Waals surface area contributed by atoms with Crippen LogP contribution in [0.5, 0.6) is 5.75 Å². The number of methoxy groups -OCH3 is 1. The number of pyridine rings is 1. The Hall–Kier alpha value is -2.93. The first-order chi connectivity index (χ1) is 12.5. The first-order valence-corrected chi connectivity index (χ1v) is 9.01. The Bertz CT molecular complexity index is 923. The molecular formula is C19H20N4O2S. The molecule has 2 heterocycles. The van der Waals surface area contributed by atoms with Crippen LogP contribution in [0.1, 0.15) is 17.0 Å². The predicted molar refractivity (Wildman–Crippen MR) is 104 cm³/mol. The van der Waals surface area contributed by atoms with E-state index < -0.39 is 0 Å². The molecule has 0 aliphatic carbocycles. The zero-order valence-corrected chi connectivity index (χ0v) is 15.7. The van der Waals surface area contributed by atoms with Gasteiger partial charge in [0.05, 0.1) is 24.9 Å². The van der Waals surface area contributed by atoms with E-state index in [0.717, 1.165) is 17.1 Å².